The number of anilines is 1. The Morgan fingerprint density at radius 1 is 1.31 bits per heavy atom. The Balaban J connectivity index is 1.30. The number of fused-ring (bicyclic) bond motifs is 3. The van der Waals surface area contributed by atoms with Crippen molar-refractivity contribution >= 4 is 40.6 Å². The van der Waals surface area contributed by atoms with E-state index in [1.54, 1.807) is 11.3 Å². The summed E-state index contributed by atoms with van der Waals surface area (Å²) in [6.45, 7) is 6.28. The summed E-state index contributed by atoms with van der Waals surface area (Å²) in [6.07, 6.45) is 8.95. The number of rotatable bonds is 7. The van der Waals surface area contributed by atoms with Crippen LogP contribution in [0.1, 0.15) is 37.5 Å². The fourth-order valence-corrected chi connectivity index (χ4v) is 6.58. The van der Waals surface area contributed by atoms with Gasteiger partial charge in [0.1, 0.15) is 11.7 Å². The van der Waals surface area contributed by atoms with Crippen molar-refractivity contribution in [2.75, 3.05) is 44.6 Å². The van der Waals surface area contributed by atoms with Crippen LogP contribution in [0.5, 0.6) is 0 Å². The molecular formula is C25H31ClN5O3S+. The van der Waals surface area contributed by atoms with Crippen LogP contribution >= 0.6 is 22.9 Å². The highest BCUT2D eigenvalue weighted by molar-refractivity contribution is 7.10. The molecule has 1 amide bonds. The predicted octanol–water partition coefficient (Wildman–Crippen LogP) is 3.60. The zero-order valence-electron chi connectivity index (χ0n) is 19.9. The molecule has 2 unspecified atom stereocenters. The maximum absolute atomic E-state index is 13.8. The minimum atomic E-state index is -0.797. The summed E-state index contributed by atoms with van der Waals surface area (Å²) in [5.74, 6) is -0.0115. The van der Waals surface area contributed by atoms with E-state index in [1.807, 2.05) is 24.4 Å². The second kappa shape index (κ2) is 9.97. The first-order valence-electron chi connectivity index (χ1n) is 12.2. The van der Waals surface area contributed by atoms with E-state index in [9.17, 15) is 9.59 Å². The van der Waals surface area contributed by atoms with Gasteiger partial charge in [0.2, 0.25) is 0 Å². The number of aromatic nitrogens is 2. The van der Waals surface area contributed by atoms with E-state index >= 15 is 0 Å². The van der Waals surface area contributed by atoms with Crippen molar-refractivity contribution in [3.63, 3.8) is 0 Å². The minimum Gasteiger partial charge on any atom is -0.450 e. The Bertz CT molecular complexity index is 1120. The first kappa shape index (κ1) is 24.4. The first-order chi connectivity index (χ1) is 16.9. The molecule has 2 bridgehead atoms. The number of hydrogen-bond donors (Lipinski definition) is 1. The third-order valence-corrected chi connectivity index (χ3v) is 8.83. The van der Waals surface area contributed by atoms with Gasteiger partial charge in [0, 0.05) is 11.3 Å². The van der Waals surface area contributed by atoms with Gasteiger partial charge in [-0.2, -0.15) is 0 Å². The molecule has 10 heteroatoms. The summed E-state index contributed by atoms with van der Waals surface area (Å²) < 4.78 is 6.83. The molecule has 6 rings (SSSR count). The number of amides is 1. The molecule has 186 valence electrons. The lowest BCUT2D eigenvalue weighted by Gasteiger charge is -2.48. The molecule has 2 fully saturated rings. The highest BCUT2D eigenvalue weighted by Gasteiger charge is 2.49. The third-order valence-electron chi connectivity index (χ3n) is 7.57. The van der Waals surface area contributed by atoms with Crippen LogP contribution in [0.15, 0.2) is 41.6 Å². The Morgan fingerprint density at radius 3 is 2.83 bits per heavy atom. The first-order valence-corrected chi connectivity index (χ1v) is 13.5. The SMILES string of the molecule is CC(C(=O)O[C@H]1C[N+]2(CC(=O)Nc3cncc(Cl)n3)CC=C1CC2)(c1cccs1)N1CCCCC1. The number of likely N-dealkylation sites (tertiary alicyclic amines) is 1. The number of carbonyl (C=O) groups is 2. The molecule has 4 aliphatic rings. The monoisotopic (exact) mass is 516 g/mol. The van der Waals surface area contributed by atoms with Gasteiger partial charge in [0.05, 0.1) is 25.5 Å². The standard InChI is InChI=1S/C25H30ClN5O3S/c1-25(20-6-5-13-35-20,30-9-3-2-4-10-30)24(33)34-19-16-31(11-7-18(19)8-12-31)17-23(32)29-22-15-27-14-21(26)28-22/h5-7,13-15,19H,2-4,8-12,16-17H2,1H3/p+1/t19-,25?,31?/m0/s1. The van der Waals surface area contributed by atoms with E-state index in [0.717, 1.165) is 50.3 Å². The summed E-state index contributed by atoms with van der Waals surface area (Å²) in [6, 6.07) is 4.03. The third kappa shape index (κ3) is 5.00. The van der Waals surface area contributed by atoms with Crippen molar-refractivity contribution in [3.05, 3.63) is 51.6 Å². The number of hydrogen-bond acceptors (Lipinski definition) is 7. The number of ether oxygens (including phenoxy) is 1. The second-order valence-electron chi connectivity index (χ2n) is 9.88. The average molecular weight is 517 g/mol. The molecule has 1 N–H and O–H groups in total. The quantitative estimate of drug-likeness (QED) is 0.344. The highest BCUT2D eigenvalue weighted by Crippen LogP contribution is 2.38. The molecule has 0 aromatic carbocycles. The molecule has 2 aromatic heterocycles. The van der Waals surface area contributed by atoms with Crippen molar-refractivity contribution in [2.24, 2.45) is 0 Å². The van der Waals surface area contributed by atoms with E-state index < -0.39 is 5.54 Å². The predicted molar refractivity (Wildman–Crippen MR) is 135 cm³/mol. The molecule has 6 heterocycles. The van der Waals surface area contributed by atoms with E-state index in [-0.39, 0.29) is 29.7 Å². The van der Waals surface area contributed by atoms with Crippen LogP contribution in [0.4, 0.5) is 5.82 Å². The number of nitrogens with zero attached hydrogens (tertiary/aromatic N) is 4. The van der Waals surface area contributed by atoms with Crippen LogP contribution in [0.2, 0.25) is 5.15 Å². The van der Waals surface area contributed by atoms with Gasteiger partial charge < -0.3 is 14.5 Å². The van der Waals surface area contributed by atoms with Gasteiger partial charge >= 0.3 is 5.97 Å². The molecule has 8 nitrogen and oxygen atoms in total. The molecule has 0 saturated carbocycles. The van der Waals surface area contributed by atoms with Gasteiger partial charge in [-0.3, -0.25) is 14.7 Å². The van der Waals surface area contributed by atoms with Crippen molar-refractivity contribution in [2.45, 2.75) is 44.2 Å². The van der Waals surface area contributed by atoms with Crippen LogP contribution in [-0.2, 0) is 19.9 Å². The van der Waals surface area contributed by atoms with Gasteiger partial charge in [-0.05, 0) is 56.0 Å². The summed E-state index contributed by atoms with van der Waals surface area (Å²) >= 11 is 7.50. The molecule has 0 spiro atoms. The molecular weight excluding hydrogens is 486 g/mol. The van der Waals surface area contributed by atoms with Gasteiger partial charge in [0.25, 0.3) is 5.91 Å². The molecule has 2 saturated heterocycles. The Morgan fingerprint density at radius 2 is 2.14 bits per heavy atom. The van der Waals surface area contributed by atoms with E-state index in [4.69, 9.17) is 16.3 Å². The van der Waals surface area contributed by atoms with Crippen LogP contribution in [0.3, 0.4) is 0 Å². The fraction of sp³-hybridized carbons (Fsp3) is 0.520. The number of esters is 1. The Labute approximate surface area is 214 Å². The molecule has 35 heavy (non-hydrogen) atoms. The van der Waals surface area contributed by atoms with Gasteiger partial charge in [-0.25, -0.2) is 9.78 Å². The maximum Gasteiger partial charge on any atom is 0.332 e. The fourth-order valence-electron chi connectivity index (χ4n) is 5.53. The van der Waals surface area contributed by atoms with Crippen LogP contribution in [-0.4, -0.2) is 76.6 Å². The molecule has 4 aliphatic heterocycles. The smallest absolute Gasteiger partial charge is 0.332 e. The van der Waals surface area contributed by atoms with Crippen molar-refractivity contribution in [1.29, 1.82) is 0 Å². The Hall–Kier alpha value is -2.33. The van der Waals surface area contributed by atoms with Gasteiger partial charge in [-0.15, -0.1) is 11.3 Å². The van der Waals surface area contributed by atoms with Crippen molar-refractivity contribution in [3.8, 4) is 0 Å². The van der Waals surface area contributed by atoms with Gasteiger partial charge in [-0.1, -0.05) is 24.1 Å². The molecule has 2 aromatic rings. The summed E-state index contributed by atoms with van der Waals surface area (Å²) in [4.78, 5) is 38.0. The number of piperidine rings is 2. The summed E-state index contributed by atoms with van der Waals surface area (Å²) in [7, 11) is 0. The normalized spacial score (nSPS) is 26.0. The number of thiophene rings is 1. The Kier molecular flexibility index (Phi) is 6.94. The zero-order chi connectivity index (χ0) is 24.5. The minimum absolute atomic E-state index is 0.151. The molecule has 0 aliphatic carbocycles. The zero-order valence-corrected chi connectivity index (χ0v) is 21.5. The lowest BCUT2D eigenvalue weighted by Crippen LogP contribution is -2.63. The van der Waals surface area contributed by atoms with Crippen molar-refractivity contribution in [1.82, 2.24) is 14.9 Å². The van der Waals surface area contributed by atoms with Crippen LogP contribution < -0.4 is 5.32 Å². The number of quaternary nitrogens is 1. The molecule has 0 radical (unpaired) electrons. The largest absolute Gasteiger partial charge is 0.450 e. The molecule has 3 atom stereocenters. The van der Waals surface area contributed by atoms with E-state index in [2.05, 4.69) is 26.3 Å². The maximum atomic E-state index is 13.8. The number of halogens is 1. The van der Waals surface area contributed by atoms with Crippen LogP contribution in [0, 0.1) is 0 Å². The summed E-state index contributed by atoms with van der Waals surface area (Å²) in [5.41, 5.74) is 0.376. The average Bonchev–Trinajstić information content (AvgIpc) is 3.40. The lowest BCUT2D eigenvalue weighted by molar-refractivity contribution is -0.923. The van der Waals surface area contributed by atoms with E-state index in [1.165, 1.54) is 24.4 Å². The van der Waals surface area contributed by atoms with E-state index in [0.29, 0.717) is 16.8 Å². The van der Waals surface area contributed by atoms with Crippen LogP contribution in [0.25, 0.3) is 0 Å². The van der Waals surface area contributed by atoms with Crippen molar-refractivity contribution < 1.29 is 18.8 Å². The summed E-state index contributed by atoms with van der Waals surface area (Å²) in [5, 5.41) is 5.05. The second-order valence-corrected chi connectivity index (χ2v) is 11.2. The number of nitrogens with one attached hydrogen (secondary N) is 1. The number of carbonyl (C=O) groups excluding carboxylic acids is 2. The topological polar surface area (TPSA) is 84.4 Å². The van der Waals surface area contributed by atoms with Gasteiger partial charge in [0.15, 0.2) is 24.0 Å². The lowest BCUT2D eigenvalue weighted by atomic mass is 9.91. The highest BCUT2D eigenvalue weighted by atomic mass is 35.5.